The zero-order valence-electron chi connectivity index (χ0n) is 10.5. The number of aromatic nitrogens is 4. The summed E-state index contributed by atoms with van der Waals surface area (Å²) in [6, 6.07) is 5.39. The first kappa shape index (κ1) is 12.0. The van der Waals surface area contributed by atoms with E-state index in [1.807, 2.05) is 25.1 Å². The Kier molecular flexibility index (Phi) is 3.22. The second-order valence-electron chi connectivity index (χ2n) is 4.08. The van der Waals surface area contributed by atoms with Gasteiger partial charge in [-0.25, -0.2) is 9.48 Å². The highest BCUT2D eigenvalue weighted by Crippen LogP contribution is 2.18. The molecule has 0 saturated heterocycles. The summed E-state index contributed by atoms with van der Waals surface area (Å²) in [5.41, 5.74) is 2.55. The minimum absolute atomic E-state index is 0.179. The van der Waals surface area contributed by atoms with Crippen molar-refractivity contribution in [3.63, 3.8) is 0 Å². The Labute approximate surface area is 104 Å². The average Bonchev–Trinajstić information content (AvgIpc) is 2.85. The van der Waals surface area contributed by atoms with E-state index in [0.717, 1.165) is 11.3 Å². The Morgan fingerprint density at radius 3 is 2.78 bits per heavy atom. The number of tetrazole rings is 1. The largest absolute Gasteiger partial charge is 0.331 e. The standard InChI is InChI=1S/C11H14N6O/c1-8-4-5-9(13-11(18)16(2)3)6-10(8)17-7-12-14-15-17/h4-7H,1-3H3,(H,13,18). The van der Waals surface area contributed by atoms with Crippen molar-refractivity contribution in [3.8, 4) is 5.69 Å². The topological polar surface area (TPSA) is 75.9 Å². The van der Waals surface area contributed by atoms with Crippen LogP contribution in [0, 0.1) is 6.92 Å². The van der Waals surface area contributed by atoms with Crippen LogP contribution in [0.15, 0.2) is 24.5 Å². The quantitative estimate of drug-likeness (QED) is 0.859. The van der Waals surface area contributed by atoms with Gasteiger partial charge in [0, 0.05) is 19.8 Å². The van der Waals surface area contributed by atoms with Gasteiger partial charge in [-0.05, 0) is 35.0 Å². The molecule has 1 aromatic carbocycles. The number of hydrogen-bond donors (Lipinski definition) is 1. The molecule has 0 aliphatic heterocycles. The van der Waals surface area contributed by atoms with Crippen molar-refractivity contribution >= 4 is 11.7 Å². The Hall–Kier alpha value is -2.44. The molecule has 2 aromatic rings. The van der Waals surface area contributed by atoms with Crippen molar-refractivity contribution in [3.05, 3.63) is 30.1 Å². The van der Waals surface area contributed by atoms with Crippen LogP contribution in [0.4, 0.5) is 10.5 Å². The molecule has 2 amide bonds. The van der Waals surface area contributed by atoms with Crippen molar-refractivity contribution in [1.82, 2.24) is 25.1 Å². The molecule has 0 unspecified atom stereocenters. The average molecular weight is 246 g/mol. The van der Waals surface area contributed by atoms with Gasteiger partial charge >= 0.3 is 6.03 Å². The normalized spacial score (nSPS) is 10.2. The zero-order valence-corrected chi connectivity index (χ0v) is 10.5. The summed E-state index contributed by atoms with van der Waals surface area (Å²) < 4.78 is 1.56. The summed E-state index contributed by atoms with van der Waals surface area (Å²) >= 11 is 0. The highest BCUT2D eigenvalue weighted by atomic mass is 16.2. The van der Waals surface area contributed by atoms with Crippen molar-refractivity contribution in [2.24, 2.45) is 0 Å². The predicted octanol–water partition coefficient (Wildman–Crippen LogP) is 1.06. The fourth-order valence-corrected chi connectivity index (χ4v) is 1.44. The van der Waals surface area contributed by atoms with Gasteiger partial charge in [0.25, 0.3) is 0 Å². The number of rotatable bonds is 2. The molecule has 7 nitrogen and oxygen atoms in total. The number of carbonyl (C=O) groups excluding carboxylic acids is 1. The Bertz CT molecular complexity index is 549. The lowest BCUT2D eigenvalue weighted by Crippen LogP contribution is -2.27. The number of carbonyl (C=O) groups is 1. The summed E-state index contributed by atoms with van der Waals surface area (Å²) in [7, 11) is 3.37. The number of anilines is 1. The number of nitrogens with one attached hydrogen (secondary N) is 1. The van der Waals surface area contributed by atoms with E-state index < -0.39 is 0 Å². The monoisotopic (exact) mass is 246 g/mol. The molecule has 0 saturated carbocycles. The van der Waals surface area contributed by atoms with Gasteiger partial charge in [0.1, 0.15) is 6.33 Å². The Balaban J connectivity index is 2.30. The van der Waals surface area contributed by atoms with Crippen LogP contribution in [0.5, 0.6) is 0 Å². The zero-order chi connectivity index (χ0) is 13.1. The summed E-state index contributed by atoms with van der Waals surface area (Å²) in [5, 5.41) is 13.8. The van der Waals surface area contributed by atoms with Crippen molar-refractivity contribution in [1.29, 1.82) is 0 Å². The van der Waals surface area contributed by atoms with E-state index in [9.17, 15) is 4.79 Å². The number of amides is 2. The molecular weight excluding hydrogens is 232 g/mol. The smallest absolute Gasteiger partial charge is 0.321 e. The first-order valence-electron chi connectivity index (χ1n) is 5.40. The van der Waals surface area contributed by atoms with Gasteiger partial charge in [0.05, 0.1) is 5.69 Å². The van der Waals surface area contributed by atoms with E-state index in [0.29, 0.717) is 5.69 Å². The van der Waals surface area contributed by atoms with Crippen LogP contribution in [-0.2, 0) is 0 Å². The fraction of sp³-hybridized carbons (Fsp3) is 0.273. The summed E-state index contributed by atoms with van der Waals surface area (Å²) in [6.07, 6.45) is 1.51. The first-order chi connectivity index (χ1) is 8.58. The van der Waals surface area contributed by atoms with Crippen LogP contribution < -0.4 is 5.32 Å². The number of hydrogen-bond acceptors (Lipinski definition) is 4. The minimum atomic E-state index is -0.179. The molecule has 1 heterocycles. The summed E-state index contributed by atoms with van der Waals surface area (Å²) in [4.78, 5) is 13.0. The molecule has 2 rings (SSSR count). The van der Waals surface area contributed by atoms with E-state index in [1.54, 1.807) is 18.8 Å². The van der Waals surface area contributed by atoms with Gasteiger partial charge in [-0.2, -0.15) is 0 Å². The van der Waals surface area contributed by atoms with Crippen molar-refractivity contribution in [2.45, 2.75) is 6.92 Å². The SMILES string of the molecule is Cc1ccc(NC(=O)N(C)C)cc1-n1cnnn1. The van der Waals surface area contributed by atoms with E-state index in [1.165, 1.54) is 11.2 Å². The second-order valence-corrected chi connectivity index (χ2v) is 4.08. The van der Waals surface area contributed by atoms with Crippen LogP contribution in [0.25, 0.3) is 5.69 Å². The van der Waals surface area contributed by atoms with Gasteiger partial charge in [-0.15, -0.1) is 5.10 Å². The number of aryl methyl sites for hydroxylation is 1. The molecule has 0 fully saturated rings. The molecule has 0 aliphatic carbocycles. The highest BCUT2D eigenvalue weighted by Gasteiger charge is 2.07. The molecule has 94 valence electrons. The molecule has 18 heavy (non-hydrogen) atoms. The maximum absolute atomic E-state index is 11.6. The Morgan fingerprint density at radius 2 is 2.17 bits per heavy atom. The lowest BCUT2D eigenvalue weighted by molar-refractivity contribution is 0.230. The van der Waals surface area contributed by atoms with Crippen LogP contribution in [0.2, 0.25) is 0 Å². The molecule has 0 spiro atoms. The third-order valence-electron chi connectivity index (χ3n) is 2.46. The van der Waals surface area contributed by atoms with Crippen LogP contribution in [-0.4, -0.2) is 45.2 Å². The van der Waals surface area contributed by atoms with Gasteiger partial charge in [-0.1, -0.05) is 6.07 Å². The van der Waals surface area contributed by atoms with E-state index in [-0.39, 0.29) is 6.03 Å². The molecule has 0 bridgehead atoms. The number of urea groups is 1. The van der Waals surface area contributed by atoms with Gasteiger partial charge in [-0.3, -0.25) is 0 Å². The molecule has 1 aromatic heterocycles. The van der Waals surface area contributed by atoms with Gasteiger partial charge in [0.15, 0.2) is 0 Å². The molecular formula is C11H14N6O. The van der Waals surface area contributed by atoms with Crippen LogP contribution in [0.3, 0.4) is 0 Å². The Morgan fingerprint density at radius 1 is 1.39 bits per heavy atom. The highest BCUT2D eigenvalue weighted by molar-refractivity contribution is 5.89. The van der Waals surface area contributed by atoms with Gasteiger partial charge < -0.3 is 10.2 Å². The second kappa shape index (κ2) is 4.82. The first-order valence-corrected chi connectivity index (χ1v) is 5.40. The van der Waals surface area contributed by atoms with Crippen LogP contribution in [0.1, 0.15) is 5.56 Å². The predicted molar refractivity (Wildman–Crippen MR) is 66.6 cm³/mol. The van der Waals surface area contributed by atoms with E-state index in [2.05, 4.69) is 20.8 Å². The number of benzene rings is 1. The van der Waals surface area contributed by atoms with Crippen molar-refractivity contribution < 1.29 is 4.79 Å². The third-order valence-corrected chi connectivity index (χ3v) is 2.46. The third kappa shape index (κ3) is 2.45. The van der Waals surface area contributed by atoms with E-state index in [4.69, 9.17) is 0 Å². The van der Waals surface area contributed by atoms with E-state index >= 15 is 0 Å². The lowest BCUT2D eigenvalue weighted by Gasteiger charge is -2.13. The van der Waals surface area contributed by atoms with Crippen LogP contribution >= 0.6 is 0 Å². The minimum Gasteiger partial charge on any atom is -0.331 e. The molecule has 0 aliphatic rings. The fourth-order valence-electron chi connectivity index (χ4n) is 1.44. The molecule has 7 heteroatoms. The maximum Gasteiger partial charge on any atom is 0.321 e. The summed E-state index contributed by atoms with van der Waals surface area (Å²) in [6.45, 7) is 1.95. The lowest BCUT2D eigenvalue weighted by atomic mass is 10.2. The number of nitrogens with zero attached hydrogens (tertiary/aromatic N) is 5. The van der Waals surface area contributed by atoms with Crippen molar-refractivity contribution in [2.75, 3.05) is 19.4 Å². The molecule has 0 radical (unpaired) electrons. The summed E-state index contributed by atoms with van der Waals surface area (Å²) in [5.74, 6) is 0. The molecule has 0 atom stereocenters. The molecule has 1 N–H and O–H groups in total. The maximum atomic E-state index is 11.6. The van der Waals surface area contributed by atoms with Gasteiger partial charge in [0.2, 0.25) is 0 Å².